The lowest BCUT2D eigenvalue weighted by atomic mass is 10.2. The molecule has 16 heavy (non-hydrogen) atoms. The van der Waals surface area contributed by atoms with E-state index in [-0.39, 0.29) is 11.8 Å². The highest BCUT2D eigenvalue weighted by molar-refractivity contribution is 7.98. The van der Waals surface area contributed by atoms with Gasteiger partial charge in [0.15, 0.2) is 0 Å². The molecule has 1 rings (SSSR count). The maximum absolute atomic E-state index is 10.8. The molecule has 0 unspecified atom stereocenters. The number of rotatable bonds is 6. The molecule has 5 heteroatoms. The van der Waals surface area contributed by atoms with Crippen molar-refractivity contribution in [1.29, 1.82) is 0 Å². The Morgan fingerprint density at radius 2 is 2.00 bits per heavy atom. The largest absolute Gasteiger partial charge is 0.354 e. The molecule has 88 valence electrons. The Balaban J connectivity index is 2.11. The number of benzene rings is 1. The molecule has 0 spiro atoms. The smallest absolute Gasteiger partial charge is 0.234 e. The molecule has 0 aliphatic heterocycles. The van der Waals surface area contributed by atoms with Crippen molar-refractivity contribution in [3.63, 3.8) is 0 Å². The van der Waals surface area contributed by atoms with Crippen LogP contribution in [0.4, 0.5) is 0 Å². The van der Waals surface area contributed by atoms with Gasteiger partial charge in [0.05, 0.1) is 0 Å². The van der Waals surface area contributed by atoms with Crippen molar-refractivity contribution in [1.82, 2.24) is 5.32 Å². The fraction of sp³-hybridized carbons (Fsp3) is 0.364. The van der Waals surface area contributed by atoms with E-state index in [1.165, 1.54) is 5.56 Å². The van der Waals surface area contributed by atoms with Crippen molar-refractivity contribution >= 4 is 40.9 Å². The lowest BCUT2D eigenvalue weighted by molar-refractivity contribution is -0.118. The van der Waals surface area contributed by atoms with Gasteiger partial charge >= 0.3 is 0 Å². The van der Waals surface area contributed by atoms with Crippen LogP contribution in [0, 0.1) is 0 Å². The molecule has 0 saturated carbocycles. The summed E-state index contributed by atoms with van der Waals surface area (Å²) in [6.45, 7) is 0.657. The maximum Gasteiger partial charge on any atom is 0.234 e. The van der Waals surface area contributed by atoms with Crippen molar-refractivity contribution < 1.29 is 4.79 Å². The Bertz CT molecular complexity index is 329. The molecule has 1 amide bonds. The van der Waals surface area contributed by atoms with Gasteiger partial charge in [-0.05, 0) is 17.7 Å². The molecule has 0 heterocycles. The standard InChI is InChI=1S/C11H13Cl2NOS/c12-7-11(15)14-5-6-16-8-9-1-3-10(13)4-2-9/h1-4H,5-8H2,(H,14,15). The summed E-state index contributed by atoms with van der Waals surface area (Å²) in [7, 11) is 0. The third-order valence-electron chi connectivity index (χ3n) is 1.87. The molecular formula is C11H13Cl2NOS. The van der Waals surface area contributed by atoms with Crippen LogP contribution in [0.2, 0.25) is 5.02 Å². The van der Waals surface area contributed by atoms with Crippen LogP contribution in [-0.4, -0.2) is 24.1 Å². The van der Waals surface area contributed by atoms with Crippen LogP contribution < -0.4 is 5.32 Å². The van der Waals surface area contributed by atoms with Crippen LogP contribution in [-0.2, 0) is 10.5 Å². The molecule has 0 aromatic heterocycles. The minimum atomic E-state index is -0.117. The average molecular weight is 278 g/mol. The fourth-order valence-corrected chi connectivity index (χ4v) is 2.12. The number of carbonyl (C=O) groups excluding carboxylic acids is 1. The van der Waals surface area contributed by atoms with E-state index in [2.05, 4.69) is 5.32 Å². The van der Waals surface area contributed by atoms with E-state index in [0.29, 0.717) is 6.54 Å². The van der Waals surface area contributed by atoms with E-state index in [0.717, 1.165) is 16.5 Å². The van der Waals surface area contributed by atoms with E-state index >= 15 is 0 Å². The summed E-state index contributed by atoms with van der Waals surface area (Å²) in [5.74, 6) is 1.72. The molecular weight excluding hydrogens is 265 g/mol. The Labute approximate surface area is 110 Å². The molecule has 1 aromatic rings. The van der Waals surface area contributed by atoms with Crippen molar-refractivity contribution in [3.05, 3.63) is 34.9 Å². The van der Waals surface area contributed by atoms with Crippen LogP contribution in [0.3, 0.4) is 0 Å². The van der Waals surface area contributed by atoms with Crippen molar-refractivity contribution in [3.8, 4) is 0 Å². The number of hydrogen-bond acceptors (Lipinski definition) is 2. The highest BCUT2D eigenvalue weighted by atomic mass is 35.5. The lowest BCUT2D eigenvalue weighted by Gasteiger charge is -2.03. The van der Waals surface area contributed by atoms with E-state index in [1.54, 1.807) is 11.8 Å². The molecule has 1 aromatic carbocycles. The fourth-order valence-electron chi connectivity index (χ4n) is 1.08. The Kier molecular flexibility index (Phi) is 6.69. The summed E-state index contributed by atoms with van der Waals surface area (Å²) in [4.78, 5) is 10.8. The minimum absolute atomic E-state index is 0.0296. The van der Waals surface area contributed by atoms with Gasteiger partial charge in [0.25, 0.3) is 0 Å². The third-order valence-corrected chi connectivity index (χ3v) is 3.40. The quantitative estimate of drug-likeness (QED) is 0.640. The van der Waals surface area contributed by atoms with Gasteiger partial charge in [-0.25, -0.2) is 0 Å². The summed E-state index contributed by atoms with van der Waals surface area (Å²) in [5.41, 5.74) is 1.23. The predicted octanol–water partition coefficient (Wildman–Crippen LogP) is 2.93. The molecule has 0 aliphatic carbocycles. The maximum atomic E-state index is 10.8. The Morgan fingerprint density at radius 3 is 2.62 bits per heavy atom. The van der Waals surface area contributed by atoms with Crippen LogP contribution in [0.5, 0.6) is 0 Å². The number of alkyl halides is 1. The zero-order chi connectivity index (χ0) is 11.8. The first-order chi connectivity index (χ1) is 7.72. The number of carbonyl (C=O) groups is 1. The second kappa shape index (κ2) is 7.82. The number of thioether (sulfide) groups is 1. The zero-order valence-electron chi connectivity index (χ0n) is 8.71. The number of hydrogen-bond donors (Lipinski definition) is 1. The average Bonchev–Trinajstić information content (AvgIpc) is 2.31. The van der Waals surface area contributed by atoms with Crippen molar-refractivity contribution in [2.75, 3.05) is 18.2 Å². The molecule has 0 fully saturated rings. The lowest BCUT2D eigenvalue weighted by Crippen LogP contribution is -2.26. The SMILES string of the molecule is O=C(CCl)NCCSCc1ccc(Cl)cc1. The third kappa shape index (κ3) is 5.64. The summed E-state index contributed by atoms with van der Waals surface area (Å²) in [5, 5.41) is 3.47. The van der Waals surface area contributed by atoms with E-state index in [1.807, 2.05) is 24.3 Å². The predicted molar refractivity (Wildman–Crippen MR) is 71.3 cm³/mol. The van der Waals surface area contributed by atoms with Gasteiger partial charge in [0, 0.05) is 23.1 Å². The number of halogens is 2. The molecule has 0 atom stereocenters. The van der Waals surface area contributed by atoms with Gasteiger partial charge in [-0.1, -0.05) is 23.7 Å². The van der Waals surface area contributed by atoms with Crippen LogP contribution in [0.15, 0.2) is 24.3 Å². The molecule has 1 N–H and O–H groups in total. The van der Waals surface area contributed by atoms with Gasteiger partial charge in [-0.2, -0.15) is 11.8 Å². The van der Waals surface area contributed by atoms with Gasteiger partial charge in [-0.15, -0.1) is 11.6 Å². The van der Waals surface area contributed by atoms with Crippen LogP contribution in [0.25, 0.3) is 0 Å². The minimum Gasteiger partial charge on any atom is -0.354 e. The molecule has 0 radical (unpaired) electrons. The first-order valence-corrected chi connectivity index (χ1v) is 6.94. The topological polar surface area (TPSA) is 29.1 Å². The molecule has 0 aliphatic rings. The van der Waals surface area contributed by atoms with E-state index in [4.69, 9.17) is 23.2 Å². The van der Waals surface area contributed by atoms with E-state index in [9.17, 15) is 4.79 Å². The van der Waals surface area contributed by atoms with Crippen molar-refractivity contribution in [2.45, 2.75) is 5.75 Å². The second-order valence-corrected chi connectivity index (χ2v) is 4.97. The summed E-state index contributed by atoms with van der Waals surface area (Å²) < 4.78 is 0. The van der Waals surface area contributed by atoms with Gasteiger partial charge in [0.1, 0.15) is 5.88 Å². The van der Waals surface area contributed by atoms with Gasteiger partial charge in [0.2, 0.25) is 5.91 Å². The summed E-state index contributed by atoms with van der Waals surface area (Å²) >= 11 is 12.9. The number of nitrogens with one attached hydrogen (secondary N) is 1. The Morgan fingerprint density at radius 1 is 1.31 bits per heavy atom. The molecule has 2 nitrogen and oxygen atoms in total. The van der Waals surface area contributed by atoms with Gasteiger partial charge < -0.3 is 5.32 Å². The molecule has 0 bridgehead atoms. The van der Waals surface area contributed by atoms with Gasteiger partial charge in [-0.3, -0.25) is 4.79 Å². The zero-order valence-corrected chi connectivity index (χ0v) is 11.0. The highest BCUT2D eigenvalue weighted by Gasteiger charge is 1.97. The summed E-state index contributed by atoms with van der Waals surface area (Å²) in [6.07, 6.45) is 0. The normalized spacial score (nSPS) is 10.1. The Hall–Kier alpha value is -0.380. The van der Waals surface area contributed by atoms with E-state index < -0.39 is 0 Å². The summed E-state index contributed by atoms with van der Waals surface area (Å²) in [6, 6.07) is 7.78. The molecule has 0 saturated heterocycles. The van der Waals surface area contributed by atoms with Crippen LogP contribution in [0.1, 0.15) is 5.56 Å². The second-order valence-electron chi connectivity index (χ2n) is 3.16. The highest BCUT2D eigenvalue weighted by Crippen LogP contribution is 2.14. The first kappa shape index (κ1) is 13.7. The number of amides is 1. The first-order valence-electron chi connectivity index (χ1n) is 4.87. The monoisotopic (exact) mass is 277 g/mol. The van der Waals surface area contributed by atoms with Crippen molar-refractivity contribution in [2.24, 2.45) is 0 Å². The van der Waals surface area contributed by atoms with Crippen LogP contribution >= 0.6 is 35.0 Å².